The van der Waals surface area contributed by atoms with Gasteiger partial charge in [-0.2, -0.15) is 0 Å². The van der Waals surface area contributed by atoms with Gasteiger partial charge in [0.2, 0.25) is 11.8 Å². The first-order valence-corrected chi connectivity index (χ1v) is 10.1. The van der Waals surface area contributed by atoms with E-state index in [2.05, 4.69) is 23.8 Å². The maximum atomic E-state index is 12.0. The number of aliphatic hydroxyl groups excluding tert-OH is 1. The van der Waals surface area contributed by atoms with Gasteiger partial charge in [-0.25, -0.2) is 0 Å². The Bertz CT molecular complexity index is 718. The maximum Gasteiger partial charge on any atom is 0.222 e. The van der Waals surface area contributed by atoms with Crippen LogP contribution >= 0.6 is 0 Å². The van der Waals surface area contributed by atoms with Gasteiger partial charge < -0.3 is 27.2 Å². The monoisotopic (exact) mass is 414 g/mol. The fourth-order valence-corrected chi connectivity index (χ4v) is 2.90. The predicted octanol–water partition coefficient (Wildman–Crippen LogP) is 0.946. The Morgan fingerprint density at radius 3 is 2.17 bits per heavy atom. The Morgan fingerprint density at radius 2 is 1.60 bits per heavy atom. The lowest BCUT2D eigenvalue weighted by atomic mass is 10.00. The van der Waals surface area contributed by atoms with Crippen LogP contribution in [0.3, 0.4) is 0 Å². The second-order valence-corrected chi connectivity index (χ2v) is 7.17. The number of hydrogen-bond acceptors (Lipinski definition) is 5. The molecule has 0 aliphatic rings. The van der Waals surface area contributed by atoms with Gasteiger partial charge in [0.25, 0.3) is 0 Å². The van der Waals surface area contributed by atoms with Crippen molar-refractivity contribution in [3.8, 4) is 0 Å². The summed E-state index contributed by atoms with van der Waals surface area (Å²) in [6.07, 6.45) is 5.30. The van der Waals surface area contributed by atoms with Crippen LogP contribution in [0.1, 0.15) is 24.8 Å². The largest absolute Gasteiger partial charge is 0.391 e. The molecule has 3 atom stereocenters. The van der Waals surface area contributed by atoms with Crippen molar-refractivity contribution in [2.45, 2.75) is 43.9 Å². The molecule has 0 aliphatic carbocycles. The molecule has 0 aromatic heterocycles. The van der Waals surface area contributed by atoms with E-state index >= 15 is 0 Å². The number of nitrogens with one attached hydrogen (secondary N) is 2. The lowest BCUT2D eigenvalue weighted by Gasteiger charge is -2.18. The molecule has 0 heterocycles. The highest BCUT2D eigenvalue weighted by Crippen LogP contribution is 2.08. The average molecular weight is 415 g/mol. The standard InChI is InChI=1S/C23H34N4O3/c1-3-8-17(4-2)13-19(24)15-22(29)26-11-12-27-23(30)16-21(28)20(25)14-18-9-6-5-7-10-18/h3-10,19-21,28H,1-2,11-16,24-25H2,(H,26,29)(H,27,30)/b17-8+. The Hall–Kier alpha value is -2.74. The van der Waals surface area contributed by atoms with E-state index in [-0.39, 0.29) is 43.8 Å². The Balaban J connectivity index is 2.22. The van der Waals surface area contributed by atoms with Crippen molar-refractivity contribution in [2.75, 3.05) is 13.1 Å². The molecule has 0 bridgehead atoms. The normalized spacial score (nSPS) is 14.3. The third kappa shape index (κ3) is 10.7. The highest BCUT2D eigenvalue weighted by molar-refractivity contribution is 5.77. The summed E-state index contributed by atoms with van der Waals surface area (Å²) in [6.45, 7) is 7.87. The van der Waals surface area contributed by atoms with Gasteiger partial charge in [0.05, 0.1) is 12.5 Å². The SMILES string of the molecule is C=C/C=C(\C=C)CC(N)CC(=O)NCCNC(=O)CC(O)C(N)Cc1ccccc1. The Labute approximate surface area is 178 Å². The summed E-state index contributed by atoms with van der Waals surface area (Å²) in [6, 6.07) is 8.70. The van der Waals surface area contributed by atoms with Crippen LogP contribution in [0.15, 0.2) is 67.3 Å². The van der Waals surface area contributed by atoms with Crippen LogP contribution in [0.5, 0.6) is 0 Å². The van der Waals surface area contributed by atoms with E-state index in [4.69, 9.17) is 11.5 Å². The van der Waals surface area contributed by atoms with Gasteiger partial charge in [-0.05, 0) is 24.0 Å². The molecule has 0 radical (unpaired) electrons. The second-order valence-electron chi connectivity index (χ2n) is 7.17. The topological polar surface area (TPSA) is 130 Å². The molecule has 0 saturated heterocycles. The average Bonchev–Trinajstić information content (AvgIpc) is 2.71. The van der Waals surface area contributed by atoms with Crippen molar-refractivity contribution in [1.29, 1.82) is 0 Å². The Morgan fingerprint density at radius 1 is 1.00 bits per heavy atom. The van der Waals surface area contributed by atoms with Crippen molar-refractivity contribution in [1.82, 2.24) is 10.6 Å². The van der Waals surface area contributed by atoms with E-state index in [1.54, 1.807) is 18.2 Å². The zero-order valence-corrected chi connectivity index (χ0v) is 17.4. The van der Waals surface area contributed by atoms with E-state index in [1.165, 1.54) is 0 Å². The van der Waals surface area contributed by atoms with E-state index in [0.717, 1.165) is 11.1 Å². The number of carbonyl (C=O) groups is 2. The molecule has 1 aromatic rings. The molecule has 1 aromatic carbocycles. The minimum atomic E-state index is -0.944. The van der Waals surface area contributed by atoms with E-state index in [9.17, 15) is 14.7 Å². The van der Waals surface area contributed by atoms with Crippen LogP contribution < -0.4 is 22.1 Å². The molecule has 0 aliphatic heterocycles. The number of aliphatic hydroxyl groups is 1. The van der Waals surface area contributed by atoms with Crippen molar-refractivity contribution in [3.05, 3.63) is 72.9 Å². The van der Waals surface area contributed by atoms with Crippen LogP contribution in [0.2, 0.25) is 0 Å². The fraction of sp³-hybridized carbons (Fsp3) is 0.391. The summed E-state index contributed by atoms with van der Waals surface area (Å²) < 4.78 is 0. The fourth-order valence-electron chi connectivity index (χ4n) is 2.90. The first-order chi connectivity index (χ1) is 14.3. The van der Waals surface area contributed by atoms with Crippen LogP contribution in [0, 0.1) is 0 Å². The molecule has 3 unspecified atom stereocenters. The summed E-state index contributed by atoms with van der Waals surface area (Å²) in [4.78, 5) is 23.9. The molecular weight excluding hydrogens is 380 g/mol. The van der Waals surface area contributed by atoms with E-state index < -0.39 is 12.1 Å². The highest BCUT2D eigenvalue weighted by atomic mass is 16.3. The van der Waals surface area contributed by atoms with Crippen LogP contribution in [-0.4, -0.2) is 48.2 Å². The summed E-state index contributed by atoms with van der Waals surface area (Å²) >= 11 is 0. The van der Waals surface area contributed by atoms with Gasteiger partial charge in [-0.1, -0.05) is 61.7 Å². The van der Waals surface area contributed by atoms with Gasteiger partial charge in [0.1, 0.15) is 0 Å². The lowest BCUT2D eigenvalue weighted by Crippen LogP contribution is -2.42. The molecule has 7 nitrogen and oxygen atoms in total. The quantitative estimate of drug-likeness (QED) is 0.228. The number of carbonyl (C=O) groups excluding carboxylic acids is 2. The number of rotatable bonds is 14. The molecule has 164 valence electrons. The highest BCUT2D eigenvalue weighted by Gasteiger charge is 2.18. The summed E-state index contributed by atoms with van der Waals surface area (Å²) in [5.41, 5.74) is 13.9. The summed E-state index contributed by atoms with van der Waals surface area (Å²) in [5.74, 6) is -0.508. The molecular formula is C23H34N4O3. The maximum absolute atomic E-state index is 12.0. The van der Waals surface area contributed by atoms with Crippen LogP contribution in [0.4, 0.5) is 0 Å². The molecule has 7 N–H and O–H groups in total. The number of hydrogen-bond donors (Lipinski definition) is 5. The summed E-state index contributed by atoms with van der Waals surface area (Å²) in [7, 11) is 0. The van der Waals surface area contributed by atoms with Crippen molar-refractivity contribution in [3.63, 3.8) is 0 Å². The molecule has 0 saturated carbocycles. The minimum absolute atomic E-state index is 0.0905. The molecule has 2 amide bonds. The molecule has 1 rings (SSSR count). The number of amides is 2. The predicted molar refractivity (Wildman–Crippen MR) is 120 cm³/mol. The zero-order chi connectivity index (χ0) is 22.4. The summed E-state index contributed by atoms with van der Waals surface area (Å²) in [5, 5.41) is 15.5. The lowest BCUT2D eigenvalue weighted by molar-refractivity contribution is -0.124. The first-order valence-electron chi connectivity index (χ1n) is 10.1. The first kappa shape index (κ1) is 25.3. The molecule has 0 fully saturated rings. The third-order valence-electron chi connectivity index (χ3n) is 4.51. The van der Waals surface area contributed by atoms with Gasteiger partial charge in [-0.3, -0.25) is 9.59 Å². The molecule has 30 heavy (non-hydrogen) atoms. The van der Waals surface area contributed by atoms with Crippen LogP contribution in [0.25, 0.3) is 0 Å². The zero-order valence-electron chi connectivity index (χ0n) is 17.4. The Kier molecular flexibility index (Phi) is 12.0. The minimum Gasteiger partial charge on any atom is -0.391 e. The number of benzene rings is 1. The van der Waals surface area contributed by atoms with Gasteiger partial charge in [0.15, 0.2) is 0 Å². The van der Waals surface area contributed by atoms with Gasteiger partial charge >= 0.3 is 0 Å². The van der Waals surface area contributed by atoms with Gasteiger partial charge in [-0.15, -0.1) is 0 Å². The number of allylic oxidation sites excluding steroid dienone is 3. The van der Waals surface area contributed by atoms with Crippen molar-refractivity contribution < 1.29 is 14.7 Å². The third-order valence-corrected chi connectivity index (χ3v) is 4.51. The smallest absolute Gasteiger partial charge is 0.222 e. The second kappa shape index (κ2) is 14.3. The van der Waals surface area contributed by atoms with Crippen molar-refractivity contribution in [2.24, 2.45) is 11.5 Å². The molecule has 0 spiro atoms. The van der Waals surface area contributed by atoms with E-state index in [0.29, 0.717) is 12.8 Å². The van der Waals surface area contributed by atoms with Gasteiger partial charge in [0, 0.05) is 31.6 Å². The number of nitrogens with two attached hydrogens (primary N) is 2. The van der Waals surface area contributed by atoms with Crippen molar-refractivity contribution >= 4 is 11.8 Å². The van der Waals surface area contributed by atoms with E-state index in [1.807, 2.05) is 30.3 Å². The molecule has 7 heteroatoms. The van der Waals surface area contributed by atoms with Crippen LogP contribution in [-0.2, 0) is 16.0 Å².